The first-order chi connectivity index (χ1) is 8.65. The number of amides is 2. The van der Waals surface area contributed by atoms with Gasteiger partial charge in [-0.2, -0.15) is 0 Å². The molecule has 0 rings (SSSR count). The van der Waals surface area contributed by atoms with Crippen molar-refractivity contribution < 1.29 is 24.2 Å². The molecular formula is C11H20N2O5S. The number of hydrogen-bond acceptors (Lipinski definition) is 5. The molecule has 110 valence electrons. The third-order valence-electron chi connectivity index (χ3n) is 1.79. The van der Waals surface area contributed by atoms with Gasteiger partial charge in [-0.1, -0.05) is 0 Å². The number of carboxylic acid groups (broad SMARTS) is 1. The lowest BCUT2D eigenvalue weighted by Gasteiger charge is -2.21. The molecular weight excluding hydrogens is 272 g/mol. The molecule has 0 fully saturated rings. The molecule has 2 amide bonds. The Labute approximate surface area is 116 Å². The van der Waals surface area contributed by atoms with E-state index in [4.69, 9.17) is 9.84 Å². The highest BCUT2D eigenvalue weighted by atomic mass is 32.2. The van der Waals surface area contributed by atoms with Crippen LogP contribution in [0.25, 0.3) is 0 Å². The second-order valence-electron chi connectivity index (χ2n) is 4.73. The van der Waals surface area contributed by atoms with Crippen LogP contribution in [0, 0.1) is 0 Å². The van der Waals surface area contributed by atoms with Gasteiger partial charge in [0.25, 0.3) is 0 Å². The summed E-state index contributed by atoms with van der Waals surface area (Å²) >= 11 is 1.12. The van der Waals surface area contributed by atoms with E-state index in [0.717, 1.165) is 11.8 Å². The van der Waals surface area contributed by atoms with Crippen molar-refractivity contribution in [3.8, 4) is 0 Å². The average Bonchev–Trinajstić information content (AvgIpc) is 2.24. The second kappa shape index (κ2) is 7.88. The van der Waals surface area contributed by atoms with E-state index < -0.39 is 23.7 Å². The van der Waals surface area contributed by atoms with Gasteiger partial charge in [0.1, 0.15) is 11.6 Å². The van der Waals surface area contributed by atoms with Gasteiger partial charge in [-0.05, 0) is 20.8 Å². The van der Waals surface area contributed by atoms with Gasteiger partial charge >= 0.3 is 12.1 Å². The highest BCUT2D eigenvalue weighted by Crippen LogP contribution is 2.08. The summed E-state index contributed by atoms with van der Waals surface area (Å²) in [5, 5.41) is 13.6. The van der Waals surface area contributed by atoms with Gasteiger partial charge in [0, 0.05) is 12.8 Å². The molecule has 0 heterocycles. The molecule has 0 aromatic carbocycles. The molecule has 0 saturated carbocycles. The number of carbonyl (C=O) groups excluding carboxylic acids is 2. The SMILES string of the molecule is CNC(=O)CSCC(NC(=O)OC(C)(C)C)C(=O)O. The summed E-state index contributed by atoms with van der Waals surface area (Å²) in [7, 11) is 1.50. The number of rotatable bonds is 6. The number of aliphatic carboxylic acids is 1. The van der Waals surface area contributed by atoms with Gasteiger partial charge in [0.05, 0.1) is 5.75 Å². The molecule has 8 heteroatoms. The van der Waals surface area contributed by atoms with Crippen molar-refractivity contribution in [1.29, 1.82) is 0 Å². The number of ether oxygens (including phenoxy) is 1. The van der Waals surface area contributed by atoms with Crippen LogP contribution in [0.2, 0.25) is 0 Å². The van der Waals surface area contributed by atoms with Crippen molar-refractivity contribution in [1.82, 2.24) is 10.6 Å². The fourth-order valence-corrected chi connectivity index (χ4v) is 1.88. The van der Waals surface area contributed by atoms with Crippen molar-refractivity contribution in [2.75, 3.05) is 18.6 Å². The van der Waals surface area contributed by atoms with Gasteiger partial charge in [0.15, 0.2) is 0 Å². The Morgan fingerprint density at radius 1 is 1.32 bits per heavy atom. The summed E-state index contributed by atoms with van der Waals surface area (Å²) in [5.41, 5.74) is -0.692. The van der Waals surface area contributed by atoms with E-state index in [1.807, 2.05) is 0 Å². The summed E-state index contributed by atoms with van der Waals surface area (Å²) < 4.78 is 4.97. The van der Waals surface area contributed by atoms with Crippen LogP contribution in [0.4, 0.5) is 4.79 Å². The summed E-state index contributed by atoms with van der Waals surface area (Å²) in [6.07, 6.45) is -0.791. The lowest BCUT2D eigenvalue weighted by Crippen LogP contribution is -2.45. The van der Waals surface area contributed by atoms with E-state index in [0.29, 0.717) is 0 Å². The summed E-state index contributed by atoms with van der Waals surface area (Å²) in [6, 6.07) is -1.09. The zero-order valence-electron chi connectivity index (χ0n) is 11.5. The number of carbonyl (C=O) groups is 3. The molecule has 0 aliphatic heterocycles. The van der Waals surface area contributed by atoms with Gasteiger partial charge in [-0.15, -0.1) is 11.8 Å². The maximum absolute atomic E-state index is 11.4. The van der Waals surface area contributed by atoms with Crippen LogP contribution in [0.1, 0.15) is 20.8 Å². The topological polar surface area (TPSA) is 105 Å². The minimum atomic E-state index is -1.17. The minimum absolute atomic E-state index is 0.0853. The smallest absolute Gasteiger partial charge is 0.408 e. The Balaban J connectivity index is 4.23. The fourth-order valence-electron chi connectivity index (χ4n) is 0.966. The Kier molecular flexibility index (Phi) is 7.28. The van der Waals surface area contributed by atoms with Crippen molar-refractivity contribution in [2.45, 2.75) is 32.4 Å². The lowest BCUT2D eigenvalue weighted by atomic mass is 10.2. The molecule has 7 nitrogen and oxygen atoms in total. The predicted octanol–water partition coefficient (Wildman–Crippen LogP) is 0.444. The van der Waals surface area contributed by atoms with Crippen molar-refractivity contribution in [3.63, 3.8) is 0 Å². The molecule has 0 aromatic heterocycles. The monoisotopic (exact) mass is 292 g/mol. The van der Waals surface area contributed by atoms with Crippen LogP contribution >= 0.6 is 11.8 Å². The summed E-state index contributed by atoms with van der Waals surface area (Å²) in [6.45, 7) is 5.05. The molecule has 0 bridgehead atoms. The van der Waals surface area contributed by atoms with Gasteiger partial charge in [0.2, 0.25) is 5.91 Å². The number of hydrogen-bond donors (Lipinski definition) is 3. The molecule has 1 atom stereocenters. The van der Waals surface area contributed by atoms with Crippen LogP contribution in [0.3, 0.4) is 0 Å². The zero-order valence-corrected chi connectivity index (χ0v) is 12.3. The van der Waals surface area contributed by atoms with Crippen LogP contribution in [-0.4, -0.2) is 53.3 Å². The first kappa shape index (κ1) is 17.6. The molecule has 0 saturated heterocycles. The van der Waals surface area contributed by atoms with Crippen molar-refractivity contribution in [2.24, 2.45) is 0 Å². The largest absolute Gasteiger partial charge is 0.480 e. The van der Waals surface area contributed by atoms with Gasteiger partial charge < -0.3 is 20.5 Å². The normalized spacial score (nSPS) is 12.4. The molecule has 3 N–H and O–H groups in total. The van der Waals surface area contributed by atoms with Crippen LogP contribution in [0.5, 0.6) is 0 Å². The van der Waals surface area contributed by atoms with E-state index in [2.05, 4.69) is 10.6 Å². The number of thioether (sulfide) groups is 1. The van der Waals surface area contributed by atoms with Crippen molar-refractivity contribution in [3.05, 3.63) is 0 Å². The predicted molar refractivity (Wildman–Crippen MR) is 72.2 cm³/mol. The second-order valence-corrected chi connectivity index (χ2v) is 5.76. The molecule has 0 aromatic rings. The van der Waals surface area contributed by atoms with Crippen molar-refractivity contribution >= 4 is 29.7 Å². The fraction of sp³-hybridized carbons (Fsp3) is 0.727. The number of nitrogens with one attached hydrogen (secondary N) is 2. The van der Waals surface area contributed by atoms with Crippen LogP contribution < -0.4 is 10.6 Å². The molecule has 0 aliphatic carbocycles. The third-order valence-corrected chi connectivity index (χ3v) is 2.82. The molecule has 1 unspecified atom stereocenters. The van der Waals surface area contributed by atoms with E-state index in [-0.39, 0.29) is 17.4 Å². The van der Waals surface area contributed by atoms with Crippen LogP contribution in [0.15, 0.2) is 0 Å². The van der Waals surface area contributed by atoms with Crippen LogP contribution in [-0.2, 0) is 14.3 Å². The zero-order chi connectivity index (χ0) is 15.1. The lowest BCUT2D eigenvalue weighted by molar-refractivity contribution is -0.138. The van der Waals surface area contributed by atoms with Gasteiger partial charge in [-0.3, -0.25) is 4.79 Å². The number of carboxylic acids is 1. The molecule has 0 radical (unpaired) electrons. The van der Waals surface area contributed by atoms with E-state index in [9.17, 15) is 14.4 Å². The molecule has 0 spiro atoms. The number of alkyl carbamates (subject to hydrolysis) is 1. The average molecular weight is 292 g/mol. The molecule has 19 heavy (non-hydrogen) atoms. The van der Waals surface area contributed by atoms with E-state index in [1.165, 1.54) is 7.05 Å². The Hall–Kier alpha value is -1.44. The quantitative estimate of drug-likeness (QED) is 0.656. The highest BCUT2D eigenvalue weighted by molar-refractivity contribution is 8.00. The maximum Gasteiger partial charge on any atom is 0.408 e. The first-order valence-electron chi connectivity index (χ1n) is 5.66. The van der Waals surface area contributed by atoms with E-state index >= 15 is 0 Å². The summed E-state index contributed by atoms with van der Waals surface area (Å²) in [5.74, 6) is -1.15. The third kappa shape index (κ3) is 9.18. The maximum atomic E-state index is 11.4. The first-order valence-corrected chi connectivity index (χ1v) is 6.82. The Bertz CT molecular complexity index is 340. The Morgan fingerprint density at radius 2 is 1.89 bits per heavy atom. The molecule has 0 aliphatic rings. The Morgan fingerprint density at radius 3 is 2.32 bits per heavy atom. The standard InChI is InChI=1S/C11H20N2O5S/c1-11(2,3)18-10(17)13-7(9(15)16)5-19-6-8(14)12-4/h7H,5-6H2,1-4H3,(H,12,14)(H,13,17)(H,15,16). The van der Waals surface area contributed by atoms with Gasteiger partial charge in [-0.25, -0.2) is 9.59 Å². The highest BCUT2D eigenvalue weighted by Gasteiger charge is 2.24. The minimum Gasteiger partial charge on any atom is -0.480 e. The summed E-state index contributed by atoms with van der Waals surface area (Å²) in [4.78, 5) is 33.4. The van der Waals surface area contributed by atoms with E-state index in [1.54, 1.807) is 20.8 Å².